The summed E-state index contributed by atoms with van der Waals surface area (Å²) >= 11 is 3.39. The summed E-state index contributed by atoms with van der Waals surface area (Å²) in [5, 5.41) is 8.38. The lowest BCUT2D eigenvalue weighted by Crippen LogP contribution is -2.38. The van der Waals surface area contributed by atoms with Crippen molar-refractivity contribution in [1.82, 2.24) is 15.1 Å². The van der Waals surface area contributed by atoms with Crippen molar-refractivity contribution in [2.75, 3.05) is 13.1 Å². The van der Waals surface area contributed by atoms with Gasteiger partial charge in [0.25, 0.3) is 5.91 Å². The van der Waals surface area contributed by atoms with Crippen LogP contribution in [0.5, 0.6) is 0 Å². The first-order valence-electron chi connectivity index (χ1n) is 8.09. The molecule has 0 N–H and O–H groups in total. The van der Waals surface area contributed by atoms with E-state index in [4.69, 9.17) is 4.42 Å². The molecule has 1 aromatic heterocycles. The summed E-state index contributed by atoms with van der Waals surface area (Å²) in [6, 6.07) is 7.52. The minimum absolute atomic E-state index is 0.0974. The Labute approximate surface area is 143 Å². The molecule has 2 fully saturated rings. The van der Waals surface area contributed by atoms with Gasteiger partial charge >= 0.3 is 0 Å². The maximum absolute atomic E-state index is 12.5. The van der Waals surface area contributed by atoms with Gasteiger partial charge in [-0.1, -0.05) is 15.9 Å². The Bertz CT molecular complexity index is 701. The molecule has 120 valence electrons. The first-order valence-corrected chi connectivity index (χ1v) is 8.88. The number of nitrogens with zero attached hydrogens (tertiary/aromatic N) is 3. The summed E-state index contributed by atoms with van der Waals surface area (Å²) in [5.74, 6) is 2.43. The summed E-state index contributed by atoms with van der Waals surface area (Å²) < 4.78 is 6.79. The normalized spacial score (nSPS) is 19.1. The third-order valence-electron chi connectivity index (χ3n) is 4.61. The molecular formula is C17H18BrN3O2. The first kappa shape index (κ1) is 14.9. The van der Waals surface area contributed by atoms with E-state index in [0.717, 1.165) is 47.7 Å². The van der Waals surface area contributed by atoms with Crippen LogP contribution in [0.3, 0.4) is 0 Å². The summed E-state index contributed by atoms with van der Waals surface area (Å²) in [6.45, 7) is 1.47. The van der Waals surface area contributed by atoms with Crippen molar-refractivity contribution < 1.29 is 9.21 Å². The molecule has 1 aromatic carbocycles. The number of likely N-dealkylation sites (tertiary alicyclic amines) is 1. The summed E-state index contributed by atoms with van der Waals surface area (Å²) in [6.07, 6.45) is 4.10. The predicted octanol–water partition coefficient (Wildman–Crippen LogP) is 3.73. The number of halogens is 1. The van der Waals surface area contributed by atoms with Gasteiger partial charge in [-0.05, 0) is 49.9 Å². The number of rotatable bonds is 3. The Hall–Kier alpha value is -1.69. The van der Waals surface area contributed by atoms with E-state index in [1.165, 1.54) is 12.8 Å². The number of hydrogen-bond donors (Lipinski definition) is 0. The van der Waals surface area contributed by atoms with Crippen molar-refractivity contribution in [1.29, 1.82) is 0 Å². The summed E-state index contributed by atoms with van der Waals surface area (Å²) in [4.78, 5) is 14.4. The van der Waals surface area contributed by atoms with Crippen molar-refractivity contribution in [3.63, 3.8) is 0 Å². The van der Waals surface area contributed by atoms with E-state index in [1.54, 1.807) is 0 Å². The SMILES string of the molecule is O=C(c1ccc(Br)cc1)N1CCC(c2nnc(C3CC3)o2)CC1. The fourth-order valence-electron chi connectivity index (χ4n) is 3.01. The Morgan fingerprint density at radius 3 is 2.13 bits per heavy atom. The highest BCUT2D eigenvalue weighted by Crippen LogP contribution is 2.40. The lowest BCUT2D eigenvalue weighted by molar-refractivity contribution is 0.0706. The lowest BCUT2D eigenvalue weighted by atomic mass is 9.96. The van der Waals surface area contributed by atoms with Crippen LogP contribution < -0.4 is 0 Å². The minimum Gasteiger partial charge on any atom is -0.425 e. The number of carbonyl (C=O) groups excluding carboxylic acids is 1. The Balaban J connectivity index is 1.38. The molecule has 1 saturated carbocycles. The number of amides is 1. The fraction of sp³-hybridized carbons (Fsp3) is 0.471. The van der Waals surface area contributed by atoms with Crippen molar-refractivity contribution in [3.8, 4) is 0 Å². The highest BCUT2D eigenvalue weighted by atomic mass is 79.9. The molecule has 1 aliphatic carbocycles. The van der Waals surface area contributed by atoms with Crippen LogP contribution in [0.15, 0.2) is 33.2 Å². The van der Waals surface area contributed by atoms with Crippen LogP contribution in [0.4, 0.5) is 0 Å². The van der Waals surface area contributed by atoms with Crippen LogP contribution in [-0.2, 0) is 0 Å². The van der Waals surface area contributed by atoms with E-state index in [2.05, 4.69) is 26.1 Å². The van der Waals surface area contributed by atoms with Gasteiger partial charge in [0.1, 0.15) is 0 Å². The van der Waals surface area contributed by atoms with E-state index in [0.29, 0.717) is 5.92 Å². The molecular weight excluding hydrogens is 358 g/mol. The third-order valence-corrected chi connectivity index (χ3v) is 5.13. The van der Waals surface area contributed by atoms with Crippen LogP contribution in [0.2, 0.25) is 0 Å². The maximum Gasteiger partial charge on any atom is 0.253 e. The largest absolute Gasteiger partial charge is 0.425 e. The van der Waals surface area contributed by atoms with Gasteiger partial charge in [-0.2, -0.15) is 0 Å². The number of benzene rings is 1. The van der Waals surface area contributed by atoms with Gasteiger partial charge in [0.15, 0.2) is 0 Å². The second-order valence-electron chi connectivity index (χ2n) is 6.33. The average Bonchev–Trinajstić information content (AvgIpc) is 3.32. The van der Waals surface area contributed by atoms with Crippen molar-refractivity contribution in [3.05, 3.63) is 46.1 Å². The minimum atomic E-state index is 0.0974. The second kappa shape index (κ2) is 6.07. The maximum atomic E-state index is 12.5. The molecule has 0 bridgehead atoms. The molecule has 23 heavy (non-hydrogen) atoms. The fourth-order valence-corrected chi connectivity index (χ4v) is 3.28. The van der Waals surface area contributed by atoms with E-state index in [-0.39, 0.29) is 11.8 Å². The standard InChI is InChI=1S/C17H18BrN3O2/c18-14-5-3-13(4-6-14)17(22)21-9-7-12(8-10-21)16-20-19-15(23-16)11-1-2-11/h3-6,11-12H,1-2,7-10H2. The van der Waals surface area contributed by atoms with E-state index in [9.17, 15) is 4.79 Å². The lowest BCUT2D eigenvalue weighted by Gasteiger charge is -2.30. The first-order chi connectivity index (χ1) is 11.2. The van der Waals surface area contributed by atoms with Crippen LogP contribution in [0.25, 0.3) is 0 Å². The van der Waals surface area contributed by atoms with Crippen LogP contribution in [-0.4, -0.2) is 34.1 Å². The smallest absolute Gasteiger partial charge is 0.253 e. The molecule has 1 aliphatic heterocycles. The Morgan fingerprint density at radius 1 is 1.00 bits per heavy atom. The molecule has 0 unspecified atom stereocenters. The van der Waals surface area contributed by atoms with E-state index in [1.807, 2.05) is 29.2 Å². The molecule has 2 aliphatic rings. The highest BCUT2D eigenvalue weighted by Gasteiger charge is 2.32. The monoisotopic (exact) mass is 375 g/mol. The van der Waals surface area contributed by atoms with E-state index >= 15 is 0 Å². The zero-order valence-corrected chi connectivity index (χ0v) is 14.3. The van der Waals surface area contributed by atoms with Gasteiger partial charge in [0.05, 0.1) is 0 Å². The van der Waals surface area contributed by atoms with Crippen LogP contribution >= 0.6 is 15.9 Å². The number of aromatic nitrogens is 2. The number of piperidine rings is 1. The van der Waals surface area contributed by atoms with Gasteiger partial charge in [0, 0.05) is 35.0 Å². The Kier molecular flexibility index (Phi) is 3.93. The summed E-state index contributed by atoms with van der Waals surface area (Å²) in [7, 11) is 0. The topological polar surface area (TPSA) is 59.2 Å². The third kappa shape index (κ3) is 3.17. The van der Waals surface area contributed by atoms with Gasteiger partial charge < -0.3 is 9.32 Å². The van der Waals surface area contributed by atoms with Gasteiger partial charge in [-0.3, -0.25) is 4.79 Å². The summed E-state index contributed by atoms with van der Waals surface area (Å²) in [5.41, 5.74) is 0.737. The average molecular weight is 376 g/mol. The van der Waals surface area contributed by atoms with Crippen molar-refractivity contribution >= 4 is 21.8 Å². The molecule has 6 heteroatoms. The van der Waals surface area contributed by atoms with Gasteiger partial charge in [-0.25, -0.2) is 0 Å². The molecule has 1 saturated heterocycles. The van der Waals surface area contributed by atoms with E-state index < -0.39 is 0 Å². The second-order valence-corrected chi connectivity index (χ2v) is 7.24. The molecule has 2 aromatic rings. The molecule has 2 heterocycles. The number of carbonyl (C=O) groups is 1. The van der Waals surface area contributed by atoms with Gasteiger partial charge in [0.2, 0.25) is 11.8 Å². The number of hydrogen-bond acceptors (Lipinski definition) is 4. The van der Waals surface area contributed by atoms with Crippen molar-refractivity contribution in [2.24, 2.45) is 0 Å². The van der Waals surface area contributed by atoms with Gasteiger partial charge in [-0.15, -0.1) is 10.2 Å². The molecule has 0 spiro atoms. The van der Waals surface area contributed by atoms with Crippen molar-refractivity contribution in [2.45, 2.75) is 37.5 Å². The zero-order chi connectivity index (χ0) is 15.8. The molecule has 0 atom stereocenters. The van der Waals surface area contributed by atoms with Crippen LogP contribution in [0.1, 0.15) is 59.7 Å². The Morgan fingerprint density at radius 2 is 1.57 bits per heavy atom. The molecule has 4 rings (SSSR count). The molecule has 5 nitrogen and oxygen atoms in total. The predicted molar refractivity (Wildman–Crippen MR) is 88.3 cm³/mol. The van der Waals surface area contributed by atoms with Crippen LogP contribution in [0, 0.1) is 0 Å². The zero-order valence-electron chi connectivity index (χ0n) is 12.7. The molecule has 0 radical (unpaired) electrons. The highest BCUT2D eigenvalue weighted by molar-refractivity contribution is 9.10. The molecule has 1 amide bonds. The quantitative estimate of drug-likeness (QED) is 0.819.